The lowest BCUT2D eigenvalue weighted by Gasteiger charge is -2.27. The Morgan fingerprint density at radius 3 is 2.94 bits per heavy atom. The minimum Gasteiger partial charge on any atom is -0.508 e. The molecular weight excluding hydrogens is 461 g/mol. The number of ether oxygens (including phenoxy) is 1. The largest absolute Gasteiger partial charge is 0.508 e. The van der Waals surface area contributed by atoms with Crippen molar-refractivity contribution in [2.75, 3.05) is 37.7 Å². The van der Waals surface area contributed by atoms with Gasteiger partial charge in [0.05, 0.1) is 12.0 Å². The van der Waals surface area contributed by atoms with E-state index in [0.29, 0.717) is 35.1 Å². The number of nitrogens with zero attached hydrogens (tertiary/aromatic N) is 4. The molecule has 2 fully saturated rings. The molecule has 9 heteroatoms. The molecule has 2 aromatic carbocycles. The summed E-state index contributed by atoms with van der Waals surface area (Å²) in [5.74, 6) is 0.683. The van der Waals surface area contributed by atoms with Crippen LogP contribution >= 0.6 is 0 Å². The third-order valence-corrected chi connectivity index (χ3v) is 7.14. The van der Waals surface area contributed by atoms with E-state index in [4.69, 9.17) is 9.84 Å². The Morgan fingerprint density at radius 2 is 2.06 bits per heavy atom. The first-order chi connectivity index (χ1) is 17.6. The fraction of sp³-hybridized carbons (Fsp3) is 0.370. The molecule has 6 rings (SSSR count). The van der Waals surface area contributed by atoms with Crippen LogP contribution in [0.4, 0.5) is 10.2 Å². The second-order valence-electron chi connectivity index (χ2n) is 9.59. The van der Waals surface area contributed by atoms with E-state index in [1.54, 1.807) is 12.3 Å². The number of hydrogen-bond acceptors (Lipinski definition) is 8. The van der Waals surface area contributed by atoms with Crippen LogP contribution in [0.1, 0.15) is 19.3 Å². The number of phenols is 1. The highest BCUT2D eigenvalue weighted by atomic mass is 19.1. The maximum absolute atomic E-state index is 16.2. The average molecular weight is 490 g/mol. The van der Waals surface area contributed by atoms with Crippen molar-refractivity contribution < 1.29 is 19.3 Å². The minimum atomic E-state index is -0.589. The lowest BCUT2D eigenvalue weighted by atomic mass is 10.0. The van der Waals surface area contributed by atoms with Gasteiger partial charge in [-0.1, -0.05) is 24.3 Å². The first-order valence-corrected chi connectivity index (χ1v) is 12.4. The summed E-state index contributed by atoms with van der Waals surface area (Å²) in [6.07, 6.45) is 4.20. The number of halogens is 1. The molecule has 2 atom stereocenters. The Morgan fingerprint density at radius 1 is 1.17 bits per heavy atom. The molecule has 2 bridgehead atoms. The second kappa shape index (κ2) is 9.48. The number of benzene rings is 2. The molecule has 0 saturated carbocycles. The number of nitrogens with one attached hydrogen (secondary N) is 1. The molecule has 8 nitrogen and oxygen atoms in total. The highest BCUT2D eigenvalue weighted by Crippen LogP contribution is 2.37. The Kier molecular flexibility index (Phi) is 6.02. The van der Waals surface area contributed by atoms with Crippen LogP contribution in [-0.2, 0) is 0 Å². The third kappa shape index (κ3) is 4.18. The molecule has 36 heavy (non-hydrogen) atoms. The van der Waals surface area contributed by atoms with Crippen molar-refractivity contribution in [1.82, 2.24) is 20.3 Å². The van der Waals surface area contributed by atoms with E-state index < -0.39 is 5.82 Å². The van der Waals surface area contributed by atoms with Crippen LogP contribution in [0.3, 0.4) is 0 Å². The number of aliphatic hydroxyl groups is 1. The summed E-state index contributed by atoms with van der Waals surface area (Å²) in [5.41, 5.74) is 0.722. The van der Waals surface area contributed by atoms with Gasteiger partial charge in [-0.15, -0.1) is 0 Å². The fourth-order valence-electron chi connectivity index (χ4n) is 5.38. The Labute approximate surface area is 207 Å². The molecule has 2 aliphatic heterocycles. The summed E-state index contributed by atoms with van der Waals surface area (Å²) in [6, 6.07) is 11.1. The van der Waals surface area contributed by atoms with Gasteiger partial charge >= 0.3 is 6.01 Å². The molecule has 2 saturated heterocycles. The van der Waals surface area contributed by atoms with Gasteiger partial charge < -0.3 is 25.2 Å². The number of hydrogen-bond donors (Lipinski definition) is 3. The number of phenolic OH excluding ortho intramolecular Hbond substituents is 1. The first kappa shape index (κ1) is 22.9. The Balaban J connectivity index is 1.50. The van der Waals surface area contributed by atoms with Gasteiger partial charge in [-0.3, -0.25) is 4.98 Å². The lowest BCUT2D eigenvalue weighted by molar-refractivity contribution is 0.224. The highest BCUT2D eigenvalue weighted by molar-refractivity contribution is 5.99. The van der Waals surface area contributed by atoms with Crippen LogP contribution < -0.4 is 15.0 Å². The molecule has 2 unspecified atom stereocenters. The molecule has 3 N–H and O–H groups in total. The molecule has 2 aromatic heterocycles. The maximum Gasteiger partial charge on any atom is 0.319 e. The molecule has 0 amide bonds. The fourth-order valence-corrected chi connectivity index (χ4v) is 5.38. The van der Waals surface area contributed by atoms with Gasteiger partial charge in [-0.25, -0.2) is 4.39 Å². The Hall–Kier alpha value is -3.56. The van der Waals surface area contributed by atoms with Crippen LogP contribution in [0.25, 0.3) is 32.9 Å². The van der Waals surface area contributed by atoms with Gasteiger partial charge in [-0.05, 0) is 48.2 Å². The molecule has 0 spiro atoms. The van der Waals surface area contributed by atoms with Crippen LogP contribution in [0.15, 0.2) is 42.6 Å². The topological polar surface area (TPSA) is 104 Å². The predicted octanol–water partition coefficient (Wildman–Crippen LogP) is 3.64. The van der Waals surface area contributed by atoms with E-state index in [1.165, 1.54) is 6.07 Å². The zero-order valence-corrected chi connectivity index (χ0v) is 19.8. The smallest absolute Gasteiger partial charge is 0.319 e. The van der Waals surface area contributed by atoms with Crippen molar-refractivity contribution in [2.45, 2.75) is 25.3 Å². The zero-order valence-electron chi connectivity index (χ0n) is 19.8. The van der Waals surface area contributed by atoms with Crippen molar-refractivity contribution in [3.05, 3.63) is 48.4 Å². The lowest BCUT2D eigenvalue weighted by Crippen LogP contribution is -2.39. The average Bonchev–Trinajstić information content (AvgIpc) is 3.22. The summed E-state index contributed by atoms with van der Waals surface area (Å²) < 4.78 is 21.9. The number of rotatable bonds is 6. The quantitative estimate of drug-likeness (QED) is 0.353. The number of anilines is 1. The van der Waals surface area contributed by atoms with Crippen LogP contribution in [0.2, 0.25) is 0 Å². The van der Waals surface area contributed by atoms with Crippen molar-refractivity contribution in [3.8, 4) is 23.0 Å². The minimum absolute atomic E-state index is 0.0195. The molecule has 0 aliphatic carbocycles. The van der Waals surface area contributed by atoms with Gasteiger partial charge in [-0.2, -0.15) is 9.97 Å². The van der Waals surface area contributed by atoms with E-state index in [1.807, 2.05) is 24.3 Å². The van der Waals surface area contributed by atoms with Gasteiger partial charge in [0.25, 0.3) is 0 Å². The van der Waals surface area contributed by atoms with E-state index in [0.717, 1.165) is 43.2 Å². The van der Waals surface area contributed by atoms with Crippen molar-refractivity contribution in [1.29, 1.82) is 0 Å². The summed E-state index contributed by atoms with van der Waals surface area (Å²) >= 11 is 0. The van der Waals surface area contributed by atoms with Crippen molar-refractivity contribution in [2.24, 2.45) is 5.92 Å². The van der Waals surface area contributed by atoms with Crippen LogP contribution in [-0.4, -0.2) is 64.1 Å². The number of pyridine rings is 1. The summed E-state index contributed by atoms with van der Waals surface area (Å²) in [7, 11) is 0. The first-order valence-electron chi connectivity index (χ1n) is 12.4. The molecule has 0 radical (unpaired) electrons. The van der Waals surface area contributed by atoms with E-state index >= 15 is 4.39 Å². The predicted molar refractivity (Wildman–Crippen MR) is 136 cm³/mol. The third-order valence-electron chi connectivity index (χ3n) is 7.14. The monoisotopic (exact) mass is 489 g/mol. The van der Waals surface area contributed by atoms with Crippen molar-refractivity contribution >= 4 is 27.5 Å². The van der Waals surface area contributed by atoms with Crippen LogP contribution in [0.5, 0.6) is 11.8 Å². The van der Waals surface area contributed by atoms with Gasteiger partial charge in [0.15, 0.2) is 5.82 Å². The molecule has 4 aromatic rings. The molecule has 186 valence electrons. The standard InChI is InChI=1S/C27H28FN5O3/c28-23-24(21-12-19(35)11-17-4-1-2-5-20(17)21)30-14-22-25(23)31-27(36-9-3-8-34)32-26(22)33-7-6-16-10-18(15-33)29-13-16/h1-2,4-5,11-12,14,16,18,29,34-35H,3,6-10,13,15H2. The second-order valence-corrected chi connectivity index (χ2v) is 9.59. The SMILES string of the molecule is OCCCOc1nc(N2CCC3CNC(C3)C2)c2cnc(-c3cc(O)cc4ccccc34)c(F)c2n1. The van der Waals surface area contributed by atoms with Crippen LogP contribution in [0, 0.1) is 11.7 Å². The molecule has 2 aliphatic rings. The number of aromatic nitrogens is 3. The normalized spacial score (nSPS) is 19.7. The van der Waals surface area contributed by atoms with Gasteiger partial charge in [0, 0.05) is 43.9 Å². The van der Waals surface area contributed by atoms with E-state index in [9.17, 15) is 5.11 Å². The Bertz CT molecular complexity index is 1430. The number of aromatic hydroxyl groups is 1. The maximum atomic E-state index is 16.2. The van der Waals surface area contributed by atoms with E-state index in [2.05, 4.69) is 25.2 Å². The highest BCUT2D eigenvalue weighted by Gasteiger charge is 2.31. The zero-order chi connectivity index (χ0) is 24.6. The van der Waals surface area contributed by atoms with Gasteiger partial charge in [0.1, 0.15) is 22.8 Å². The van der Waals surface area contributed by atoms with Crippen molar-refractivity contribution in [3.63, 3.8) is 0 Å². The summed E-state index contributed by atoms with van der Waals surface area (Å²) in [4.78, 5) is 15.8. The number of fused-ring (bicyclic) bond motifs is 4. The van der Waals surface area contributed by atoms with E-state index in [-0.39, 0.29) is 36.2 Å². The summed E-state index contributed by atoms with van der Waals surface area (Å²) in [6.45, 7) is 2.82. The van der Waals surface area contributed by atoms with Gasteiger partial charge in [0.2, 0.25) is 0 Å². The molecular formula is C27H28FN5O3. The summed E-state index contributed by atoms with van der Waals surface area (Å²) in [5, 5.41) is 25.1. The molecule has 4 heterocycles. The number of aliphatic hydroxyl groups excluding tert-OH is 1.